The second-order valence-electron chi connectivity index (χ2n) is 7.06. The molecule has 27 heavy (non-hydrogen) atoms. The molecule has 0 radical (unpaired) electrons. The Balaban J connectivity index is 2.87. The second-order valence-corrected chi connectivity index (χ2v) is 7.06. The van der Waals surface area contributed by atoms with Crippen LogP contribution in [-0.4, -0.2) is 58.4 Å². The minimum absolute atomic E-state index is 0.440. The standard InChI is InChI=1S/C14H18F6N2O5/c1-11(2,3)6(10(24)25)5-21-9(23)7-4-8(27-22-7)12(26,13(15,16)17)14(18,19)20/h6,8,26H,4-5H2,1-3H3,(H,21,23)(H,24,25). The first-order valence-corrected chi connectivity index (χ1v) is 7.52. The van der Waals surface area contributed by atoms with E-state index in [-0.39, 0.29) is 0 Å². The first-order valence-electron chi connectivity index (χ1n) is 7.52. The molecule has 13 heteroatoms. The maximum Gasteiger partial charge on any atom is 0.430 e. The number of carbonyl (C=O) groups excluding carboxylic acids is 1. The van der Waals surface area contributed by atoms with Gasteiger partial charge in [0.2, 0.25) is 0 Å². The summed E-state index contributed by atoms with van der Waals surface area (Å²) in [7, 11) is 0. The zero-order valence-electron chi connectivity index (χ0n) is 14.4. The van der Waals surface area contributed by atoms with E-state index in [1.165, 1.54) is 0 Å². The Bertz CT molecular complexity index is 609. The average Bonchev–Trinajstić information content (AvgIpc) is 2.91. The summed E-state index contributed by atoms with van der Waals surface area (Å²) < 4.78 is 76.7. The number of rotatable bonds is 5. The van der Waals surface area contributed by atoms with Gasteiger partial charge in [0.15, 0.2) is 6.10 Å². The summed E-state index contributed by atoms with van der Waals surface area (Å²) in [4.78, 5) is 27.2. The fraction of sp³-hybridized carbons (Fsp3) is 0.786. The Morgan fingerprint density at radius 1 is 1.19 bits per heavy atom. The Morgan fingerprint density at radius 3 is 2.04 bits per heavy atom. The van der Waals surface area contributed by atoms with Crippen molar-refractivity contribution in [1.82, 2.24) is 5.32 Å². The Morgan fingerprint density at radius 2 is 1.67 bits per heavy atom. The minimum atomic E-state index is -6.13. The van der Waals surface area contributed by atoms with Gasteiger partial charge in [0.05, 0.1) is 5.92 Å². The van der Waals surface area contributed by atoms with E-state index >= 15 is 0 Å². The summed E-state index contributed by atoms with van der Waals surface area (Å²) in [6, 6.07) is 0. The summed E-state index contributed by atoms with van der Waals surface area (Å²) in [5.74, 6) is -3.53. The van der Waals surface area contributed by atoms with E-state index in [2.05, 4.69) is 15.3 Å². The number of oxime groups is 1. The molecule has 156 valence electrons. The number of nitrogens with zero attached hydrogens (tertiary/aromatic N) is 1. The molecular formula is C14H18F6N2O5. The van der Waals surface area contributed by atoms with Crippen molar-refractivity contribution in [2.24, 2.45) is 16.5 Å². The quantitative estimate of drug-likeness (QED) is 0.602. The van der Waals surface area contributed by atoms with Crippen molar-refractivity contribution < 1.29 is 51.0 Å². The van der Waals surface area contributed by atoms with Gasteiger partial charge in [-0.15, -0.1) is 0 Å². The number of hydrogen-bond acceptors (Lipinski definition) is 5. The van der Waals surface area contributed by atoms with E-state index in [4.69, 9.17) is 5.11 Å². The van der Waals surface area contributed by atoms with Gasteiger partial charge in [-0.3, -0.25) is 9.59 Å². The van der Waals surface area contributed by atoms with E-state index in [0.29, 0.717) is 0 Å². The van der Waals surface area contributed by atoms with Crippen LogP contribution >= 0.6 is 0 Å². The summed E-state index contributed by atoms with van der Waals surface area (Å²) in [6.45, 7) is 4.26. The highest BCUT2D eigenvalue weighted by Gasteiger charge is 2.76. The number of halogens is 6. The molecule has 0 aromatic rings. The highest BCUT2D eigenvalue weighted by Crippen LogP contribution is 2.48. The zero-order valence-corrected chi connectivity index (χ0v) is 14.4. The van der Waals surface area contributed by atoms with E-state index in [1.54, 1.807) is 20.8 Å². The summed E-state index contributed by atoms with van der Waals surface area (Å²) in [6.07, 6.45) is -16.4. The second kappa shape index (κ2) is 7.17. The van der Waals surface area contributed by atoms with Crippen LogP contribution in [0.15, 0.2) is 5.16 Å². The lowest BCUT2D eigenvalue weighted by Gasteiger charge is -2.35. The first kappa shape index (κ1) is 23.0. The third-order valence-electron chi connectivity index (χ3n) is 4.07. The molecule has 1 aliphatic rings. The fourth-order valence-electron chi connectivity index (χ4n) is 2.32. The molecule has 1 heterocycles. The van der Waals surface area contributed by atoms with E-state index in [0.717, 1.165) is 0 Å². The fourth-order valence-corrected chi connectivity index (χ4v) is 2.32. The zero-order chi connectivity index (χ0) is 21.4. The molecule has 3 N–H and O–H groups in total. The van der Waals surface area contributed by atoms with Gasteiger partial charge >= 0.3 is 18.3 Å². The molecule has 0 saturated carbocycles. The van der Waals surface area contributed by atoms with Crippen LogP contribution in [-0.2, 0) is 14.4 Å². The molecule has 1 aliphatic heterocycles. The molecule has 0 spiro atoms. The van der Waals surface area contributed by atoms with Gasteiger partial charge in [0.25, 0.3) is 11.5 Å². The number of aliphatic carboxylic acids is 1. The molecule has 1 rings (SSSR count). The van der Waals surface area contributed by atoms with E-state index in [1.807, 2.05) is 0 Å². The predicted octanol–water partition coefficient (Wildman–Crippen LogP) is 1.85. The molecule has 0 aromatic carbocycles. The third-order valence-corrected chi connectivity index (χ3v) is 4.07. The maximum atomic E-state index is 12.8. The molecule has 2 atom stereocenters. The summed E-state index contributed by atoms with van der Waals surface area (Å²) in [5, 5.41) is 23.3. The van der Waals surface area contributed by atoms with Crippen LogP contribution in [0.3, 0.4) is 0 Å². The molecule has 1 amide bonds. The molecule has 0 aliphatic carbocycles. The molecule has 2 unspecified atom stereocenters. The Labute approximate surface area is 149 Å². The van der Waals surface area contributed by atoms with Gasteiger partial charge in [-0.05, 0) is 5.41 Å². The van der Waals surface area contributed by atoms with Crippen molar-refractivity contribution in [3.8, 4) is 0 Å². The molecular weight excluding hydrogens is 390 g/mol. The molecule has 0 aromatic heterocycles. The van der Waals surface area contributed by atoms with Crippen molar-refractivity contribution in [2.45, 2.75) is 51.2 Å². The highest BCUT2D eigenvalue weighted by molar-refractivity contribution is 6.39. The van der Waals surface area contributed by atoms with Crippen LogP contribution in [0, 0.1) is 11.3 Å². The van der Waals surface area contributed by atoms with Crippen molar-refractivity contribution in [3.63, 3.8) is 0 Å². The van der Waals surface area contributed by atoms with Crippen molar-refractivity contribution in [2.75, 3.05) is 6.54 Å². The van der Waals surface area contributed by atoms with Crippen LogP contribution < -0.4 is 5.32 Å². The summed E-state index contributed by atoms with van der Waals surface area (Å²) in [5.41, 5.74) is -6.84. The van der Waals surface area contributed by atoms with Gasteiger partial charge < -0.3 is 20.4 Å². The predicted molar refractivity (Wildman–Crippen MR) is 77.6 cm³/mol. The van der Waals surface area contributed by atoms with Crippen LogP contribution in [0.4, 0.5) is 26.3 Å². The number of amides is 1. The lowest BCUT2D eigenvalue weighted by atomic mass is 9.80. The number of carboxylic acids is 1. The number of carboxylic acid groups (broad SMARTS) is 1. The van der Waals surface area contributed by atoms with Gasteiger partial charge in [0.1, 0.15) is 5.71 Å². The molecule has 0 bridgehead atoms. The van der Waals surface area contributed by atoms with Crippen LogP contribution in [0.25, 0.3) is 0 Å². The number of carbonyl (C=O) groups is 2. The van der Waals surface area contributed by atoms with Crippen LogP contribution in [0.2, 0.25) is 0 Å². The number of hydrogen-bond donors (Lipinski definition) is 3. The SMILES string of the molecule is CC(C)(C)C(CNC(=O)C1=NOC(C(O)(C(F)(F)F)C(F)(F)F)C1)C(=O)O. The number of alkyl halides is 6. The van der Waals surface area contributed by atoms with E-state index < -0.39 is 65.9 Å². The average molecular weight is 408 g/mol. The topological polar surface area (TPSA) is 108 Å². The van der Waals surface area contributed by atoms with Gasteiger partial charge in [-0.25, -0.2) is 0 Å². The summed E-state index contributed by atoms with van der Waals surface area (Å²) >= 11 is 0. The number of nitrogens with one attached hydrogen (secondary N) is 1. The van der Waals surface area contributed by atoms with Crippen molar-refractivity contribution in [1.29, 1.82) is 0 Å². The molecule has 7 nitrogen and oxygen atoms in total. The molecule has 0 saturated heterocycles. The number of aliphatic hydroxyl groups is 1. The minimum Gasteiger partial charge on any atom is -0.481 e. The van der Waals surface area contributed by atoms with Gasteiger partial charge in [-0.1, -0.05) is 25.9 Å². The van der Waals surface area contributed by atoms with Crippen molar-refractivity contribution >= 4 is 17.6 Å². The van der Waals surface area contributed by atoms with Gasteiger partial charge in [0, 0.05) is 13.0 Å². The molecule has 0 fully saturated rings. The normalized spacial score (nSPS) is 19.9. The van der Waals surface area contributed by atoms with Gasteiger partial charge in [-0.2, -0.15) is 26.3 Å². The Kier molecular flexibility index (Phi) is 6.10. The Hall–Kier alpha value is -2.05. The monoisotopic (exact) mass is 408 g/mol. The first-order chi connectivity index (χ1) is 11.9. The lowest BCUT2D eigenvalue weighted by Crippen LogP contribution is -2.64. The maximum absolute atomic E-state index is 12.8. The lowest BCUT2D eigenvalue weighted by molar-refractivity contribution is -0.392. The van der Waals surface area contributed by atoms with E-state index in [9.17, 15) is 41.0 Å². The van der Waals surface area contributed by atoms with Crippen LogP contribution in [0.1, 0.15) is 27.2 Å². The smallest absolute Gasteiger partial charge is 0.430 e. The highest BCUT2D eigenvalue weighted by atomic mass is 19.4. The van der Waals surface area contributed by atoms with Crippen LogP contribution in [0.5, 0.6) is 0 Å². The third kappa shape index (κ3) is 4.62. The largest absolute Gasteiger partial charge is 0.481 e. The van der Waals surface area contributed by atoms with Crippen molar-refractivity contribution in [3.05, 3.63) is 0 Å².